The zero-order valence-corrected chi connectivity index (χ0v) is 10.3. The molecule has 0 atom stereocenters. The van der Waals surface area contributed by atoms with Crippen LogP contribution in [0.5, 0.6) is 5.75 Å². The Bertz CT molecular complexity index is 483. The van der Waals surface area contributed by atoms with Crippen LogP contribution in [0.25, 0.3) is 11.3 Å². The van der Waals surface area contributed by atoms with Gasteiger partial charge in [-0.25, -0.2) is 8.78 Å². The lowest BCUT2D eigenvalue weighted by Gasteiger charge is -2.09. The Morgan fingerprint density at radius 1 is 1.24 bits per heavy atom. The molecule has 1 aromatic heterocycles. The molecular weight excluding hydrogens is 294 g/mol. The van der Waals surface area contributed by atoms with E-state index in [1.165, 1.54) is 0 Å². The fourth-order valence-corrected chi connectivity index (χ4v) is 1.97. The molecule has 0 unspecified atom stereocenters. The van der Waals surface area contributed by atoms with Crippen LogP contribution in [0.1, 0.15) is 0 Å². The highest BCUT2D eigenvalue weighted by Crippen LogP contribution is 2.35. The normalized spacial score (nSPS) is 10.8. The zero-order valence-electron chi connectivity index (χ0n) is 8.70. The van der Waals surface area contributed by atoms with E-state index in [0.717, 1.165) is 5.56 Å². The number of halogens is 3. The largest absolute Gasteiger partial charge is 0.486 e. The summed E-state index contributed by atoms with van der Waals surface area (Å²) < 4.78 is 35.0. The molecule has 5 heteroatoms. The summed E-state index contributed by atoms with van der Waals surface area (Å²) in [5, 5.41) is 0. The van der Waals surface area contributed by atoms with E-state index in [-0.39, 0.29) is 0 Å². The molecule has 1 aromatic carbocycles. The molecule has 0 amide bonds. The number of hydrogen-bond acceptors (Lipinski definition) is 2. The maximum Gasteiger partial charge on any atom is 0.272 e. The second kappa shape index (κ2) is 5.31. The van der Waals surface area contributed by atoms with Crippen molar-refractivity contribution >= 4 is 15.9 Å². The van der Waals surface area contributed by atoms with Crippen LogP contribution in [0.2, 0.25) is 0 Å². The lowest BCUT2D eigenvalue weighted by molar-refractivity contribution is 0.0815. The number of ether oxygens (including phenoxy) is 1. The molecule has 0 bridgehead atoms. The minimum Gasteiger partial charge on any atom is -0.486 e. The highest BCUT2D eigenvalue weighted by atomic mass is 79.9. The Morgan fingerprint density at radius 2 is 2.06 bits per heavy atom. The van der Waals surface area contributed by atoms with Crippen molar-refractivity contribution in [1.82, 2.24) is 0 Å². The van der Waals surface area contributed by atoms with Crippen molar-refractivity contribution in [3.8, 4) is 17.1 Å². The minimum atomic E-state index is -2.49. The van der Waals surface area contributed by atoms with Crippen molar-refractivity contribution in [3.05, 3.63) is 41.1 Å². The van der Waals surface area contributed by atoms with Crippen LogP contribution < -0.4 is 4.74 Å². The first-order valence-electron chi connectivity index (χ1n) is 4.92. The van der Waals surface area contributed by atoms with Gasteiger partial charge in [-0.15, -0.1) is 0 Å². The third-order valence-electron chi connectivity index (χ3n) is 2.11. The van der Waals surface area contributed by atoms with Crippen LogP contribution in [-0.2, 0) is 0 Å². The lowest BCUT2D eigenvalue weighted by Crippen LogP contribution is -2.07. The van der Waals surface area contributed by atoms with Gasteiger partial charge in [0.2, 0.25) is 0 Å². The number of benzene rings is 1. The van der Waals surface area contributed by atoms with E-state index >= 15 is 0 Å². The van der Waals surface area contributed by atoms with Gasteiger partial charge in [0, 0.05) is 5.56 Å². The van der Waals surface area contributed by atoms with Crippen molar-refractivity contribution in [1.29, 1.82) is 0 Å². The monoisotopic (exact) mass is 302 g/mol. The Morgan fingerprint density at radius 3 is 2.71 bits per heavy atom. The summed E-state index contributed by atoms with van der Waals surface area (Å²) in [5.74, 6) is 1.03. The molecule has 90 valence electrons. The first-order valence-corrected chi connectivity index (χ1v) is 5.71. The predicted octanol–water partition coefficient (Wildman–Crippen LogP) is 4.35. The van der Waals surface area contributed by atoms with Crippen molar-refractivity contribution < 1.29 is 17.9 Å². The molecule has 0 radical (unpaired) electrons. The minimum absolute atomic E-state index is 0.374. The van der Waals surface area contributed by atoms with Gasteiger partial charge < -0.3 is 9.15 Å². The van der Waals surface area contributed by atoms with Gasteiger partial charge in [0.25, 0.3) is 6.43 Å². The van der Waals surface area contributed by atoms with Crippen molar-refractivity contribution in [3.63, 3.8) is 0 Å². The Kier molecular flexibility index (Phi) is 3.78. The molecule has 1 heterocycles. The second-order valence-electron chi connectivity index (χ2n) is 3.30. The van der Waals surface area contributed by atoms with Crippen LogP contribution >= 0.6 is 15.9 Å². The molecule has 0 aliphatic rings. The van der Waals surface area contributed by atoms with Crippen molar-refractivity contribution in [2.75, 3.05) is 6.61 Å². The van der Waals surface area contributed by atoms with E-state index in [1.807, 2.05) is 6.07 Å². The Balaban J connectivity index is 2.27. The molecule has 0 fully saturated rings. The fourth-order valence-electron chi connectivity index (χ4n) is 1.40. The van der Waals surface area contributed by atoms with Gasteiger partial charge >= 0.3 is 0 Å². The van der Waals surface area contributed by atoms with Crippen LogP contribution in [0.15, 0.2) is 45.5 Å². The summed E-state index contributed by atoms with van der Waals surface area (Å²) in [7, 11) is 0. The van der Waals surface area contributed by atoms with Gasteiger partial charge in [-0.2, -0.15) is 0 Å². The van der Waals surface area contributed by atoms with E-state index in [4.69, 9.17) is 9.15 Å². The first-order chi connectivity index (χ1) is 8.18. The molecule has 2 rings (SSSR count). The molecular formula is C12H9BrF2O2. The average Bonchev–Trinajstić information content (AvgIpc) is 2.81. The standard InChI is InChI=1S/C12H9BrF2O2/c13-12-8(9-5-2-6-16-9)3-1-4-10(12)17-7-11(14)15/h1-6,11H,7H2. The van der Waals surface area contributed by atoms with Gasteiger partial charge in [-0.3, -0.25) is 0 Å². The van der Waals surface area contributed by atoms with Crippen molar-refractivity contribution in [2.24, 2.45) is 0 Å². The van der Waals surface area contributed by atoms with Gasteiger partial charge in [-0.1, -0.05) is 6.07 Å². The second-order valence-corrected chi connectivity index (χ2v) is 4.09. The topological polar surface area (TPSA) is 22.4 Å². The van der Waals surface area contributed by atoms with Crippen LogP contribution in [0.4, 0.5) is 8.78 Å². The molecule has 0 saturated heterocycles. The van der Waals surface area contributed by atoms with Gasteiger partial charge in [0.05, 0.1) is 10.7 Å². The van der Waals surface area contributed by atoms with Gasteiger partial charge in [-0.05, 0) is 40.2 Å². The third kappa shape index (κ3) is 2.85. The van der Waals surface area contributed by atoms with Crippen LogP contribution in [-0.4, -0.2) is 13.0 Å². The summed E-state index contributed by atoms with van der Waals surface area (Å²) in [5.41, 5.74) is 0.766. The van der Waals surface area contributed by atoms with E-state index in [9.17, 15) is 8.78 Å². The molecule has 0 spiro atoms. The SMILES string of the molecule is FC(F)COc1cccc(-c2ccco2)c1Br. The highest BCUT2D eigenvalue weighted by Gasteiger charge is 2.12. The summed E-state index contributed by atoms with van der Waals surface area (Å²) in [4.78, 5) is 0. The van der Waals surface area contributed by atoms with Gasteiger partial charge in [0.15, 0.2) is 0 Å². The fraction of sp³-hybridized carbons (Fsp3) is 0.167. The summed E-state index contributed by atoms with van der Waals surface area (Å²) >= 11 is 3.32. The molecule has 0 saturated carbocycles. The summed E-state index contributed by atoms with van der Waals surface area (Å²) in [6.07, 6.45) is -0.941. The van der Waals surface area contributed by atoms with Crippen LogP contribution in [0.3, 0.4) is 0 Å². The van der Waals surface area contributed by atoms with E-state index in [2.05, 4.69) is 15.9 Å². The Labute approximate surface area is 105 Å². The Hall–Kier alpha value is -1.36. The maximum absolute atomic E-state index is 12.1. The molecule has 2 nitrogen and oxygen atoms in total. The zero-order chi connectivity index (χ0) is 12.3. The lowest BCUT2D eigenvalue weighted by atomic mass is 10.1. The average molecular weight is 303 g/mol. The molecule has 0 aliphatic carbocycles. The maximum atomic E-state index is 12.1. The number of hydrogen-bond donors (Lipinski definition) is 0. The predicted molar refractivity (Wildman–Crippen MR) is 63.3 cm³/mol. The summed E-state index contributed by atoms with van der Waals surface area (Å²) in [6.45, 7) is -0.625. The molecule has 0 N–H and O–H groups in total. The quantitative estimate of drug-likeness (QED) is 0.837. The number of alkyl halides is 2. The number of rotatable bonds is 4. The van der Waals surface area contributed by atoms with E-state index in [0.29, 0.717) is 16.0 Å². The molecule has 0 aliphatic heterocycles. The molecule has 17 heavy (non-hydrogen) atoms. The first kappa shape index (κ1) is 12.1. The summed E-state index contributed by atoms with van der Waals surface area (Å²) in [6, 6.07) is 8.71. The van der Waals surface area contributed by atoms with Crippen molar-refractivity contribution in [2.45, 2.75) is 6.43 Å². The van der Waals surface area contributed by atoms with E-state index in [1.54, 1.807) is 30.5 Å². The highest BCUT2D eigenvalue weighted by molar-refractivity contribution is 9.10. The van der Waals surface area contributed by atoms with Crippen LogP contribution in [0, 0.1) is 0 Å². The van der Waals surface area contributed by atoms with E-state index < -0.39 is 13.0 Å². The number of furan rings is 1. The van der Waals surface area contributed by atoms with Gasteiger partial charge in [0.1, 0.15) is 18.1 Å². The molecule has 2 aromatic rings. The smallest absolute Gasteiger partial charge is 0.272 e. The third-order valence-corrected chi connectivity index (χ3v) is 2.93.